The quantitative estimate of drug-likeness (QED) is 0.696. The first-order valence-electron chi connectivity index (χ1n) is 6.22. The maximum Gasteiger partial charge on any atom is 0.234 e. The van der Waals surface area contributed by atoms with Gasteiger partial charge in [0.15, 0.2) is 0 Å². The third-order valence-corrected chi connectivity index (χ3v) is 2.46. The summed E-state index contributed by atoms with van der Waals surface area (Å²) in [6, 6.07) is 3.80. The number of aryl methyl sites for hydroxylation is 1. The van der Waals surface area contributed by atoms with E-state index in [4.69, 9.17) is 4.42 Å². The zero-order valence-electron chi connectivity index (χ0n) is 11.7. The van der Waals surface area contributed by atoms with E-state index in [0.717, 1.165) is 11.5 Å². The number of amides is 2. The second-order valence-electron chi connectivity index (χ2n) is 4.52. The van der Waals surface area contributed by atoms with Gasteiger partial charge in [0.1, 0.15) is 11.5 Å². The first-order valence-corrected chi connectivity index (χ1v) is 6.22. The summed E-state index contributed by atoms with van der Waals surface area (Å²) in [6.07, 6.45) is 0. The second-order valence-corrected chi connectivity index (χ2v) is 4.52. The maximum atomic E-state index is 11.6. The van der Waals surface area contributed by atoms with Crippen LogP contribution in [0.2, 0.25) is 0 Å². The Morgan fingerprint density at radius 3 is 2.53 bits per heavy atom. The van der Waals surface area contributed by atoms with Gasteiger partial charge in [0.2, 0.25) is 11.8 Å². The number of hydrogen-bond donors (Lipinski definition) is 2. The Balaban J connectivity index is 2.18. The molecule has 0 unspecified atom stereocenters. The normalized spacial score (nSPS) is 10.5. The zero-order valence-corrected chi connectivity index (χ0v) is 11.7. The molecule has 0 radical (unpaired) electrons. The molecular weight excluding hydrogens is 246 g/mol. The topological polar surface area (TPSA) is 74.6 Å². The number of carbonyl (C=O) groups excluding carboxylic acids is 2. The summed E-state index contributed by atoms with van der Waals surface area (Å²) < 4.78 is 5.44. The number of carbonyl (C=O) groups is 2. The molecule has 1 aromatic rings. The highest BCUT2D eigenvalue weighted by atomic mass is 16.3. The van der Waals surface area contributed by atoms with Crippen molar-refractivity contribution in [3.63, 3.8) is 0 Å². The fraction of sp³-hybridized carbons (Fsp3) is 0.538. The summed E-state index contributed by atoms with van der Waals surface area (Å²) in [4.78, 5) is 24.1. The number of hydrogen-bond acceptors (Lipinski definition) is 4. The molecule has 0 saturated carbocycles. The Kier molecular flexibility index (Phi) is 6.08. The molecule has 2 N–H and O–H groups in total. The van der Waals surface area contributed by atoms with Crippen LogP contribution in [0.3, 0.4) is 0 Å². The maximum absolute atomic E-state index is 11.6. The van der Waals surface area contributed by atoms with Crippen molar-refractivity contribution < 1.29 is 14.0 Å². The Labute approximate surface area is 113 Å². The van der Waals surface area contributed by atoms with Crippen molar-refractivity contribution >= 4 is 11.8 Å². The lowest BCUT2D eigenvalue weighted by molar-refractivity contribution is -0.122. The molecule has 6 heteroatoms. The minimum absolute atomic E-state index is 0.0730. The number of nitrogens with zero attached hydrogens (tertiary/aromatic N) is 1. The summed E-state index contributed by atoms with van der Waals surface area (Å²) >= 11 is 0. The lowest BCUT2D eigenvalue weighted by Gasteiger charge is -2.14. The van der Waals surface area contributed by atoms with Gasteiger partial charge in [0.05, 0.1) is 13.1 Å². The number of likely N-dealkylation sites (N-methyl/N-ethyl adjacent to an activating group) is 1. The van der Waals surface area contributed by atoms with Crippen LogP contribution in [0.1, 0.15) is 18.4 Å². The number of nitrogens with one attached hydrogen (secondary N) is 2. The van der Waals surface area contributed by atoms with Gasteiger partial charge >= 0.3 is 0 Å². The van der Waals surface area contributed by atoms with E-state index in [-0.39, 0.29) is 11.8 Å². The lowest BCUT2D eigenvalue weighted by atomic mass is 10.4. The third-order valence-electron chi connectivity index (χ3n) is 2.46. The molecule has 0 aliphatic carbocycles. The molecule has 0 fully saturated rings. The standard InChI is InChI=1S/C13H21N3O3/c1-10-4-5-12(19-10)8-16(3)9-13(18)15-7-6-14-11(2)17/h4-5H,6-9H2,1-3H3,(H,14,17)(H,15,18). The van der Waals surface area contributed by atoms with Gasteiger partial charge in [-0.15, -0.1) is 0 Å². The van der Waals surface area contributed by atoms with Crippen LogP contribution in [0.15, 0.2) is 16.5 Å². The molecule has 19 heavy (non-hydrogen) atoms. The van der Waals surface area contributed by atoms with Crippen LogP contribution < -0.4 is 10.6 Å². The van der Waals surface area contributed by atoms with Crippen LogP contribution >= 0.6 is 0 Å². The predicted octanol–water partition coefficient (Wildman–Crippen LogP) is 0.272. The van der Waals surface area contributed by atoms with Gasteiger partial charge in [-0.2, -0.15) is 0 Å². The molecule has 0 aromatic carbocycles. The minimum Gasteiger partial charge on any atom is -0.465 e. The van der Waals surface area contributed by atoms with Gasteiger partial charge in [-0.3, -0.25) is 14.5 Å². The summed E-state index contributed by atoms with van der Waals surface area (Å²) in [5.74, 6) is 1.53. The van der Waals surface area contributed by atoms with Crippen LogP contribution in [0, 0.1) is 6.92 Å². The fourth-order valence-corrected chi connectivity index (χ4v) is 1.63. The van der Waals surface area contributed by atoms with Crippen LogP contribution in [0.25, 0.3) is 0 Å². The van der Waals surface area contributed by atoms with E-state index in [0.29, 0.717) is 26.2 Å². The molecule has 0 spiro atoms. The minimum atomic E-state index is -0.0976. The fourth-order valence-electron chi connectivity index (χ4n) is 1.63. The van der Waals surface area contributed by atoms with Gasteiger partial charge in [-0.1, -0.05) is 0 Å². The van der Waals surface area contributed by atoms with Crippen molar-refractivity contribution in [2.75, 3.05) is 26.7 Å². The van der Waals surface area contributed by atoms with Crippen LogP contribution in [-0.2, 0) is 16.1 Å². The Morgan fingerprint density at radius 2 is 1.95 bits per heavy atom. The van der Waals surface area contributed by atoms with E-state index in [9.17, 15) is 9.59 Å². The molecule has 1 rings (SSSR count). The highest BCUT2D eigenvalue weighted by molar-refractivity contribution is 5.78. The average Bonchev–Trinajstić information content (AvgIpc) is 2.69. The van der Waals surface area contributed by atoms with Crippen molar-refractivity contribution in [3.8, 4) is 0 Å². The summed E-state index contributed by atoms with van der Waals surface area (Å²) in [5.41, 5.74) is 0. The van der Waals surface area contributed by atoms with Gasteiger partial charge in [-0.25, -0.2) is 0 Å². The average molecular weight is 267 g/mol. The molecule has 0 atom stereocenters. The van der Waals surface area contributed by atoms with E-state index in [2.05, 4.69) is 10.6 Å². The van der Waals surface area contributed by atoms with Crippen LogP contribution in [0.5, 0.6) is 0 Å². The Bertz CT molecular complexity index is 429. The van der Waals surface area contributed by atoms with Crippen molar-refractivity contribution in [3.05, 3.63) is 23.7 Å². The van der Waals surface area contributed by atoms with Crippen molar-refractivity contribution in [1.82, 2.24) is 15.5 Å². The van der Waals surface area contributed by atoms with E-state index in [1.165, 1.54) is 6.92 Å². The van der Waals surface area contributed by atoms with Crippen LogP contribution in [0.4, 0.5) is 0 Å². The van der Waals surface area contributed by atoms with Gasteiger partial charge < -0.3 is 15.1 Å². The monoisotopic (exact) mass is 267 g/mol. The largest absolute Gasteiger partial charge is 0.465 e. The van der Waals surface area contributed by atoms with Gasteiger partial charge in [0, 0.05) is 20.0 Å². The van der Waals surface area contributed by atoms with Gasteiger partial charge in [0.25, 0.3) is 0 Å². The molecule has 1 heterocycles. The van der Waals surface area contributed by atoms with E-state index >= 15 is 0 Å². The molecule has 0 aliphatic rings. The lowest BCUT2D eigenvalue weighted by Crippen LogP contribution is -2.38. The highest BCUT2D eigenvalue weighted by Gasteiger charge is 2.08. The third kappa shape index (κ3) is 6.61. The smallest absolute Gasteiger partial charge is 0.234 e. The number of rotatable bonds is 7. The second kappa shape index (κ2) is 7.58. The molecule has 106 valence electrons. The summed E-state index contributed by atoms with van der Waals surface area (Å²) in [7, 11) is 1.85. The SMILES string of the molecule is CC(=O)NCCNC(=O)CN(C)Cc1ccc(C)o1. The predicted molar refractivity (Wildman–Crippen MR) is 71.5 cm³/mol. The van der Waals surface area contributed by atoms with E-state index < -0.39 is 0 Å². The molecule has 0 saturated heterocycles. The molecular formula is C13H21N3O3. The molecule has 0 aliphatic heterocycles. The number of furan rings is 1. The summed E-state index contributed by atoms with van der Waals surface area (Å²) in [6.45, 7) is 5.10. The highest BCUT2D eigenvalue weighted by Crippen LogP contribution is 2.08. The summed E-state index contributed by atoms with van der Waals surface area (Å²) in [5, 5.41) is 5.35. The molecule has 6 nitrogen and oxygen atoms in total. The van der Waals surface area contributed by atoms with Crippen molar-refractivity contribution in [2.45, 2.75) is 20.4 Å². The molecule has 2 amide bonds. The van der Waals surface area contributed by atoms with E-state index in [1.807, 2.05) is 31.0 Å². The molecule has 1 aromatic heterocycles. The zero-order chi connectivity index (χ0) is 14.3. The first-order chi connectivity index (χ1) is 8.97. The molecule has 0 bridgehead atoms. The van der Waals surface area contributed by atoms with E-state index in [1.54, 1.807) is 0 Å². The Hall–Kier alpha value is -1.82. The van der Waals surface area contributed by atoms with Crippen molar-refractivity contribution in [2.24, 2.45) is 0 Å². The van der Waals surface area contributed by atoms with Crippen LogP contribution in [-0.4, -0.2) is 43.4 Å². The van der Waals surface area contributed by atoms with Gasteiger partial charge in [-0.05, 0) is 26.1 Å². The Morgan fingerprint density at radius 1 is 1.26 bits per heavy atom. The first kappa shape index (κ1) is 15.2. The van der Waals surface area contributed by atoms with Crippen molar-refractivity contribution in [1.29, 1.82) is 0 Å².